The summed E-state index contributed by atoms with van der Waals surface area (Å²) in [7, 11) is 0. The molecule has 3 heterocycles. The van der Waals surface area contributed by atoms with E-state index in [1.807, 2.05) is 12.1 Å². The van der Waals surface area contributed by atoms with Gasteiger partial charge in [-0.3, -0.25) is 0 Å². The van der Waals surface area contributed by atoms with E-state index >= 15 is 0 Å². The Balaban J connectivity index is 1.29. The molecule has 12 rings (SSSR count). The Hall–Kier alpha value is -7.42. The van der Waals surface area contributed by atoms with Crippen molar-refractivity contribution in [1.29, 1.82) is 10.7 Å². The Morgan fingerprint density at radius 3 is 1.81 bits per heavy atom. The highest BCUT2D eigenvalue weighted by atomic mass is 15.1. The second-order valence-electron chi connectivity index (χ2n) is 16.3. The van der Waals surface area contributed by atoms with Crippen molar-refractivity contribution in [2.24, 2.45) is 0 Å². The van der Waals surface area contributed by atoms with Gasteiger partial charge in [0.25, 0.3) is 0 Å². The molecule has 0 bridgehead atoms. The third-order valence-corrected chi connectivity index (χ3v) is 13.0. The molecule has 7 aromatic carbocycles. The lowest BCUT2D eigenvalue weighted by Crippen LogP contribution is -2.15. The van der Waals surface area contributed by atoms with Crippen LogP contribution in [-0.4, -0.2) is 19.9 Å². The minimum absolute atomic E-state index is 0.212. The fraction of sp³-hybridized carbons (Fsp3) is 0.0943. The third-order valence-electron chi connectivity index (χ3n) is 13.0. The molecular formula is C53H37N5. The Bertz CT molecular complexity index is 3520. The van der Waals surface area contributed by atoms with E-state index in [1.54, 1.807) is 0 Å². The summed E-state index contributed by atoms with van der Waals surface area (Å²) < 4.78 is 7.16. The van der Waals surface area contributed by atoms with Gasteiger partial charge < -0.3 is 19.1 Å². The Morgan fingerprint density at radius 1 is 0.552 bits per heavy atom. The molecule has 0 radical (unpaired) electrons. The highest BCUT2D eigenvalue weighted by Crippen LogP contribution is 2.52. The van der Waals surface area contributed by atoms with Crippen molar-refractivity contribution in [1.82, 2.24) is 13.7 Å². The van der Waals surface area contributed by atoms with Gasteiger partial charge >= 0.3 is 0 Å². The van der Waals surface area contributed by atoms with E-state index in [1.165, 1.54) is 55.8 Å². The number of hydrogen-bond donors (Lipinski definition) is 1. The smallest absolute Gasteiger partial charge is 0.0999 e. The average Bonchev–Trinajstić information content (AvgIpc) is 3.95. The second-order valence-corrected chi connectivity index (χ2v) is 16.3. The summed E-state index contributed by atoms with van der Waals surface area (Å²) in [4.78, 5) is 0. The molecular weight excluding hydrogens is 707 g/mol. The molecule has 3 aromatic heterocycles. The van der Waals surface area contributed by atoms with Crippen LogP contribution in [0.1, 0.15) is 48.9 Å². The number of nitriles is 1. The molecule has 10 aromatic rings. The maximum absolute atomic E-state index is 10.7. The van der Waals surface area contributed by atoms with Gasteiger partial charge in [-0.2, -0.15) is 5.26 Å². The fourth-order valence-corrected chi connectivity index (χ4v) is 10.3. The van der Waals surface area contributed by atoms with Gasteiger partial charge in [0.1, 0.15) is 0 Å². The van der Waals surface area contributed by atoms with Crippen molar-refractivity contribution >= 4 is 77.3 Å². The van der Waals surface area contributed by atoms with Crippen molar-refractivity contribution < 1.29 is 0 Å². The summed E-state index contributed by atoms with van der Waals surface area (Å²) in [5.41, 5.74) is 15.6. The molecule has 0 atom stereocenters. The molecule has 0 saturated heterocycles. The van der Waals surface area contributed by atoms with Crippen LogP contribution in [0.15, 0.2) is 152 Å². The van der Waals surface area contributed by atoms with E-state index in [9.17, 15) is 5.26 Å². The van der Waals surface area contributed by atoms with E-state index in [0.29, 0.717) is 11.1 Å². The molecule has 0 aliphatic heterocycles. The van der Waals surface area contributed by atoms with Crippen LogP contribution in [0.25, 0.3) is 93.6 Å². The minimum Gasteiger partial charge on any atom is -0.310 e. The lowest BCUT2D eigenvalue weighted by Gasteiger charge is -2.22. The number of benzene rings is 7. The maximum Gasteiger partial charge on any atom is 0.0999 e. The number of hydrogen-bond acceptors (Lipinski definition) is 2. The number of nitrogens with one attached hydrogen (secondary N) is 1. The Morgan fingerprint density at radius 2 is 1.12 bits per heavy atom. The molecule has 0 fully saturated rings. The zero-order chi connectivity index (χ0) is 38.9. The summed E-state index contributed by atoms with van der Waals surface area (Å²) in [5, 5.41) is 26.2. The van der Waals surface area contributed by atoms with Gasteiger partial charge in [0.05, 0.1) is 56.1 Å². The van der Waals surface area contributed by atoms with Crippen molar-refractivity contribution in [2.45, 2.75) is 32.1 Å². The first-order valence-corrected chi connectivity index (χ1v) is 20.1. The van der Waals surface area contributed by atoms with E-state index in [2.05, 4.69) is 173 Å². The Labute approximate surface area is 335 Å². The van der Waals surface area contributed by atoms with E-state index in [0.717, 1.165) is 68.0 Å². The van der Waals surface area contributed by atoms with Crippen molar-refractivity contribution in [3.63, 3.8) is 0 Å². The van der Waals surface area contributed by atoms with Crippen LogP contribution in [-0.2, 0) is 5.41 Å². The van der Waals surface area contributed by atoms with Gasteiger partial charge in [-0.1, -0.05) is 105 Å². The molecule has 0 unspecified atom stereocenters. The van der Waals surface area contributed by atoms with Crippen molar-refractivity contribution in [3.8, 4) is 28.6 Å². The quantitative estimate of drug-likeness (QED) is 0.179. The normalized spacial score (nSPS) is 14.5. The second kappa shape index (κ2) is 11.8. The van der Waals surface area contributed by atoms with Crippen LogP contribution in [0, 0.1) is 16.7 Å². The standard InChI is InChI=1S/C53H37N5/c1-53(2)43-20-10-6-16-35(43)39-26-41-42-27-40-38-19-9-11-21-45(38)56(34-14-4-3-5-15-34)49(40)29-50(42)58(48(41)28-44(39)53)52-25-33(31-55)32(30-54)24-51(52)57-46-22-12-7-17-36(46)37-18-8-13-23-47(37)57/h4,6-30,54H,3,5H2,1-2H3. The molecule has 274 valence electrons. The summed E-state index contributed by atoms with van der Waals surface area (Å²) >= 11 is 0. The SMILES string of the molecule is CC1(C)c2ccccc2-c2cc3c4cc5c6ccccc6n(C6=CCCC=C6)c5cc4n(-c4cc(C#N)c(C=N)cc4-n4c5ccccc5c5ccccc54)c3cc21. The molecule has 1 N–H and O–H groups in total. The van der Waals surface area contributed by atoms with Crippen LogP contribution in [0.3, 0.4) is 0 Å². The predicted octanol–water partition coefficient (Wildman–Crippen LogP) is 13.4. The van der Waals surface area contributed by atoms with Gasteiger partial charge in [0.15, 0.2) is 0 Å². The first-order valence-electron chi connectivity index (χ1n) is 20.1. The summed E-state index contributed by atoms with van der Waals surface area (Å²) in [5.74, 6) is 0. The third kappa shape index (κ3) is 4.27. The van der Waals surface area contributed by atoms with Gasteiger partial charge in [-0.25, -0.2) is 0 Å². The molecule has 0 spiro atoms. The summed E-state index contributed by atoms with van der Waals surface area (Å²) in [6.07, 6.45) is 10.2. The number of para-hydroxylation sites is 3. The molecule has 0 saturated carbocycles. The number of nitrogens with zero attached hydrogens (tertiary/aromatic N) is 4. The first kappa shape index (κ1) is 32.8. The number of aromatic nitrogens is 3. The van der Waals surface area contributed by atoms with Crippen LogP contribution in [0.2, 0.25) is 0 Å². The van der Waals surface area contributed by atoms with E-state index in [4.69, 9.17) is 5.41 Å². The van der Waals surface area contributed by atoms with Gasteiger partial charge in [-0.05, 0) is 95.8 Å². The topological polar surface area (TPSA) is 62.4 Å². The van der Waals surface area contributed by atoms with Crippen molar-refractivity contribution in [2.75, 3.05) is 0 Å². The van der Waals surface area contributed by atoms with Gasteiger partial charge in [0, 0.05) is 55.2 Å². The maximum atomic E-state index is 10.7. The zero-order valence-corrected chi connectivity index (χ0v) is 32.2. The first-order chi connectivity index (χ1) is 28.5. The van der Waals surface area contributed by atoms with Crippen LogP contribution >= 0.6 is 0 Å². The van der Waals surface area contributed by atoms with Crippen LogP contribution < -0.4 is 0 Å². The minimum atomic E-state index is -0.212. The van der Waals surface area contributed by atoms with Crippen LogP contribution in [0.4, 0.5) is 0 Å². The molecule has 2 aliphatic carbocycles. The van der Waals surface area contributed by atoms with Gasteiger partial charge in [-0.15, -0.1) is 0 Å². The summed E-state index contributed by atoms with van der Waals surface area (Å²) in [6.45, 7) is 4.67. The van der Waals surface area contributed by atoms with E-state index in [-0.39, 0.29) is 5.41 Å². The largest absolute Gasteiger partial charge is 0.310 e. The summed E-state index contributed by atoms with van der Waals surface area (Å²) in [6, 6.07) is 50.8. The molecule has 5 heteroatoms. The average molecular weight is 744 g/mol. The monoisotopic (exact) mass is 743 g/mol. The lowest BCUT2D eigenvalue weighted by atomic mass is 9.82. The zero-order valence-electron chi connectivity index (χ0n) is 32.2. The lowest BCUT2D eigenvalue weighted by molar-refractivity contribution is 0.661. The molecule has 5 nitrogen and oxygen atoms in total. The molecule has 0 amide bonds. The fourth-order valence-electron chi connectivity index (χ4n) is 10.3. The Kier molecular flexibility index (Phi) is 6.67. The highest BCUT2D eigenvalue weighted by Gasteiger charge is 2.36. The number of rotatable bonds is 4. The van der Waals surface area contributed by atoms with Crippen LogP contribution in [0.5, 0.6) is 0 Å². The molecule has 58 heavy (non-hydrogen) atoms. The number of fused-ring (bicyclic) bond motifs is 12. The number of allylic oxidation sites excluding steroid dienone is 4. The highest BCUT2D eigenvalue weighted by molar-refractivity contribution is 6.21. The van der Waals surface area contributed by atoms with Crippen molar-refractivity contribution in [3.05, 3.63) is 174 Å². The molecule has 2 aliphatic rings. The van der Waals surface area contributed by atoms with Gasteiger partial charge in [0.2, 0.25) is 0 Å². The van der Waals surface area contributed by atoms with E-state index < -0.39 is 0 Å². The predicted molar refractivity (Wildman–Crippen MR) is 241 cm³/mol.